The van der Waals surface area contributed by atoms with Crippen molar-refractivity contribution in [2.45, 2.75) is 52.0 Å². The first-order valence-electron chi connectivity index (χ1n) is 6.77. The van der Waals surface area contributed by atoms with E-state index in [1.807, 2.05) is 0 Å². The summed E-state index contributed by atoms with van der Waals surface area (Å²) in [5, 5.41) is 3.61. The summed E-state index contributed by atoms with van der Waals surface area (Å²) in [7, 11) is 0. The number of benzene rings is 1. The molecular formula is C15H24IN. The lowest BCUT2D eigenvalue weighted by molar-refractivity contribution is 0.480. The molecule has 1 unspecified atom stereocenters. The SMILES string of the molecule is CCCCCCC(NCC)c1ccccc1I. The highest BCUT2D eigenvalue weighted by atomic mass is 127. The monoisotopic (exact) mass is 345 g/mol. The van der Waals surface area contributed by atoms with E-state index in [-0.39, 0.29) is 0 Å². The van der Waals surface area contributed by atoms with Crippen LogP contribution in [0.2, 0.25) is 0 Å². The van der Waals surface area contributed by atoms with Crippen molar-refractivity contribution >= 4 is 22.6 Å². The molecule has 1 atom stereocenters. The summed E-state index contributed by atoms with van der Waals surface area (Å²) in [6.07, 6.45) is 6.63. The van der Waals surface area contributed by atoms with Crippen molar-refractivity contribution in [2.75, 3.05) is 6.54 Å². The van der Waals surface area contributed by atoms with E-state index in [9.17, 15) is 0 Å². The van der Waals surface area contributed by atoms with Gasteiger partial charge in [-0.1, -0.05) is 57.7 Å². The molecule has 2 heteroatoms. The Kier molecular flexibility index (Phi) is 7.86. The minimum Gasteiger partial charge on any atom is -0.310 e. The zero-order valence-corrected chi connectivity index (χ0v) is 13.2. The lowest BCUT2D eigenvalue weighted by Crippen LogP contribution is -2.21. The minimum absolute atomic E-state index is 0.532. The molecule has 17 heavy (non-hydrogen) atoms. The smallest absolute Gasteiger partial charge is 0.0330 e. The van der Waals surface area contributed by atoms with Gasteiger partial charge < -0.3 is 5.32 Å². The summed E-state index contributed by atoms with van der Waals surface area (Å²) in [5.74, 6) is 0. The lowest BCUT2D eigenvalue weighted by Gasteiger charge is -2.19. The van der Waals surface area contributed by atoms with Crippen LogP contribution in [0.4, 0.5) is 0 Å². The maximum Gasteiger partial charge on any atom is 0.0330 e. The average molecular weight is 345 g/mol. The summed E-state index contributed by atoms with van der Waals surface area (Å²) in [6.45, 7) is 5.50. The Morgan fingerprint density at radius 2 is 1.88 bits per heavy atom. The molecule has 1 aromatic rings. The van der Waals surface area contributed by atoms with Gasteiger partial charge in [0.05, 0.1) is 0 Å². The van der Waals surface area contributed by atoms with Gasteiger partial charge in [0.2, 0.25) is 0 Å². The molecule has 0 amide bonds. The topological polar surface area (TPSA) is 12.0 Å². The van der Waals surface area contributed by atoms with E-state index >= 15 is 0 Å². The summed E-state index contributed by atoms with van der Waals surface area (Å²) >= 11 is 2.44. The second-order valence-electron chi connectivity index (χ2n) is 4.48. The van der Waals surface area contributed by atoms with Crippen LogP contribution in [-0.2, 0) is 0 Å². The fourth-order valence-electron chi connectivity index (χ4n) is 2.15. The van der Waals surface area contributed by atoms with Crippen molar-refractivity contribution in [3.05, 3.63) is 33.4 Å². The van der Waals surface area contributed by atoms with Crippen LogP contribution in [0, 0.1) is 3.57 Å². The zero-order chi connectivity index (χ0) is 12.5. The molecule has 0 aliphatic carbocycles. The largest absolute Gasteiger partial charge is 0.310 e. The molecule has 0 heterocycles. The Morgan fingerprint density at radius 3 is 2.53 bits per heavy atom. The molecule has 0 aliphatic rings. The molecule has 1 rings (SSSR count). The van der Waals surface area contributed by atoms with Crippen LogP contribution in [0.5, 0.6) is 0 Å². The molecule has 0 aromatic heterocycles. The fraction of sp³-hybridized carbons (Fsp3) is 0.600. The molecule has 1 nitrogen and oxygen atoms in total. The number of rotatable bonds is 8. The highest BCUT2D eigenvalue weighted by molar-refractivity contribution is 14.1. The van der Waals surface area contributed by atoms with E-state index in [0.717, 1.165) is 6.54 Å². The predicted octanol–water partition coefficient (Wildman–Crippen LogP) is 4.91. The fourth-order valence-corrected chi connectivity index (χ4v) is 2.91. The number of halogens is 1. The van der Waals surface area contributed by atoms with Gasteiger partial charge in [-0.05, 0) is 47.2 Å². The average Bonchev–Trinajstić information content (AvgIpc) is 2.34. The van der Waals surface area contributed by atoms with Gasteiger partial charge in [-0.3, -0.25) is 0 Å². The maximum absolute atomic E-state index is 3.61. The van der Waals surface area contributed by atoms with Crippen molar-refractivity contribution in [3.63, 3.8) is 0 Å². The van der Waals surface area contributed by atoms with Crippen LogP contribution >= 0.6 is 22.6 Å². The molecule has 0 fully saturated rings. The van der Waals surface area contributed by atoms with Crippen LogP contribution in [0.1, 0.15) is 57.6 Å². The van der Waals surface area contributed by atoms with Crippen molar-refractivity contribution in [3.8, 4) is 0 Å². The molecule has 0 aliphatic heterocycles. The van der Waals surface area contributed by atoms with Crippen LogP contribution in [0.3, 0.4) is 0 Å². The predicted molar refractivity (Wildman–Crippen MR) is 84.3 cm³/mol. The summed E-state index contributed by atoms with van der Waals surface area (Å²) in [4.78, 5) is 0. The van der Waals surface area contributed by atoms with E-state index in [2.05, 4.69) is 66.0 Å². The van der Waals surface area contributed by atoms with Gasteiger partial charge in [-0.15, -0.1) is 0 Å². The highest BCUT2D eigenvalue weighted by Crippen LogP contribution is 2.24. The van der Waals surface area contributed by atoms with Gasteiger partial charge in [-0.2, -0.15) is 0 Å². The molecule has 0 bridgehead atoms. The van der Waals surface area contributed by atoms with Gasteiger partial charge in [0, 0.05) is 9.61 Å². The van der Waals surface area contributed by atoms with Crippen LogP contribution in [-0.4, -0.2) is 6.54 Å². The van der Waals surface area contributed by atoms with Crippen molar-refractivity contribution in [1.29, 1.82) is 0 Å². The number of nitrogens with one attached hydrogen (secondary N) is 1. The molecule has 1 aromatic carbocycles. The number of hydrogen-bond donors (Lipinski definition) is 1. The van der Waals surface area contributed by atoms with Crippen LogP contribution < -0.4 is 5.32 Å². The number of hydrogen-bond acceptors (Lipinski definition) is 1. The first-order valence-corrected chi connectivity index (χ1v) is 7.85. The van der Waals surface area contributed by atoms with Gasteiger partial charge in [0.1, 0.15) is 0 Å². The van der Waals surface area contributed by atoms with Gasteiger partial charge in [-0.25, -0.2) is 0 Å². The Balaban J connectivity index is 2.56. The second-order valence-corrected chi connectivity index (χ2v) is 5.64. The Hall–Kier alpha value is -0.0900. The molecule has 1 N–H and O–H groups in total. The second kappa shape index (κ2) is 8.92. The molecule has 0 saturated carbocycles. The third-order valence-electron chi connectivity index (χ3n) is 3.08. The van der Waals surface area contributed by atoms with E-state index in [1.54, 1.807) is 0 Å². The van der Waals surface area contributed by atoms with E-state index in [4.69, 9.17) is 0 Å². The summed E-state index contributed by atoms with van der Waals surface area (Å²) in [5.41, 5.74) is 1.46. The normalized spacial score (nSPS) is 12.6. The van der Waals surface area contributed by atoms with Gasteiger partial charge >= 0.3 is 0 Å². The summed E-state index contributed by atoms with van der Waals surface area (Å²) < 4.78 is 1.38. The van der Waals surface area contributed by atoms with E-state index < -0.39 is 0 Å². The van der Waals surface area contributed by atoms with Gasteiger partial charge in [0.25, 0.3) is 0 Å². The molecule has 0 radical (unpaired) electrons. The summed E-state index contributed by atoms with van der Waals surface area (Å²) in [6, 6.07) is 9.26. The third-order valence-corrected chi connectivity index (χ3v) is 4.06. The van der Waals surface area contributed by atoms with Crippen molar-refractivity contribution < 1.29 is 0 Å². The van der Waals surface area contributed by atoms with Crippen LogP contribution in [0.25, 0.3) is 0 Å². The van der Waals surface area contributed by atoms with E-state index in [1.165, 1.54) is 41.2 Å². The third kappa shape index (κ3) is 5.38. The zero-order valence-electron chi connectivity index (χ0n) is 11.0. The maximum atomic E-state index is 3.61. The van der Waals surface area contributed by atoms with E-state index in [0.29, 0.717) is 6.04 Å². The van der Waals surface area contributed by atoms with Crippen LogP contribution in [0.15, 0.2) is 24.3 Å². The van der Waals surface area contributed by atoms with Gasteiger partial charge in [0.15, 0.2) is 0 Å². The molecule has 0 spiro atoms. The Morgan fingerprint density at radius 1 is 1.12 bits per heavy atom. The standard InChI is InChI=1S/C15H24IN/c1-3-5-6-7-12-15(17-4-2)13-10-8-9-11-14(13)16/h8-11,15,17H,3-7,12H2,1-2H3. The highest BCUT2D eigenvalue weighted by Gasteiger charge is 2.12. The number of unbranched alkanes of at least 4 members (excludes halogenated alkanes) is 3. The lowest BCUT2D eigenvalue weighted by atomic mass is 10.00. The quantitative estimate of drug-likeness (QED) is 0.521. The molecule has 0 saturated heterocycles. The minimum atomic E-state index is 0.532. The first kappa shape index (κ1) is 15.0. The Labute approximate surface area is 120 Å². The first-order chi connectivity index (χ1) is 8.29. The Bertz CT molecular complexity index is 312. The van der Waals surface area contributed by atoms with Crippen molar-refractivity contribution in [2.24, 2.45) is 0 Å². The molecule has 96 valence electrons. The van der Waals surface area contributed by atoms with Crippen molar-refractivity contribution in [1.82, 2.24) is 5.32 Å². The molecular weight excluding hydrogens is 321 g/mol.